The Labute approximate surface area is 112 Å². The van der Waals surface area contributed by atoms with E-state index >= 15 is 0 Å². The molecule has 0 aliphatic rings. The number of methoxy groups -OCH3 is 1. The van der Waals surface area contributed by atoms with Crippen molar-refractivity contribution >= 4 is 5.97 Å². The van der Waals surface area contributed by atoms with Crippen molar-refractivity contribution in [2.45, 2.75) is 25.1 Å². The first-order valence-electron chi connectivity index (χ1n) is 5.63. The molecule has 0 amide bonds. The van der Waals surface area contributed by atoms with Crippen LogP contribution < -0.4 is 10.5 Å². The minimum atomic E-state index is -4.71. The molecule has 0 saturated carbocycles. The molecule has 5 nitrogen and oxygen atoms in total. The van der Waals surface area contributed by atoms with Crippen molar-refractivity contribution in [1.29, 1.82) is 0 Å². The molecule has 0 radical (unpaired) electrons. The molecule has 0 saturated heterocycles. The number of ether oxygens (including phenoxy) is 1. The molecule has 0 heterocycles. The molecule has 1 rings (SSSR count). The largest absolute Gasteiger partial charge is 0.504 e. The van der Waals surface area contributed by atoms with Gasteiger partial charge in [0.1, 0.15) is 0 Å². The normalized spacial score (nSPS) is 13.1. The van der Waals surface area contributed by atoms with Crippen LogP contribution in [0, 0.1) is 0 Å². The Morgan fingerprint density at radius 3 is 2.50 bits per heavy atom. The number of phenolic OH excluding ortho intramolecular Hbond substituents is 1. The summed E-state index contributed by atoms with van der Waals surface area (Å²) in [5.74, 6) is -2.06. The maximum absolute atomic E-state index is 12.9. The van der Waals surface area contributed by atoms with Gasteiger partial charge in [-0.25, -0.2) is 0 Å². The fourth-order valence-corrected chi connectivity index (χ4v) is 1.80. The molecule has 1 unspecified atom stereocenters. The quantitative estimate of drug-likeness (QED) is 0.774. The predicted octanol–water partition coefficient (Wildman–Crippen LogP) is 2.28. The molecule has 1 aromatic rings. The molecule has 1 atom stereocenters. The van der Waals surface area contributed by atoms with Gasteiger partial charge < -0.3 is 20.7 Å². The first-order valence-corrected chi connectivity index (χ1v) is 5.63. The number of phenols is 1. The number of nitrogens with two attached hydrogens (primary N) is 1. The van der Waals surface area contributed by atoms with Gasteiger partial charge in [-0.2, -0.15) is 13.2 Å². The lowest BCUT2D eigenvalue weighted by Crippen LogP contribution is -2.19. The minimum Gasteiger partial charge on any atom is -0.504 e. The molecule has 1 aromatic carbocycles. The van der Waals surface area contributed by atoms with Crippen LogP contribution in [0.5, 0.6) is 11.5 Å². The number of aliphatic carboxylic acids is 1. The van der Waals surface area contributed by atoms with Gasteiger partial charge in [-0.15, -0.1) is 0 Å². The van der Waals surface area contributed by atoms with Crippen LogP contribution in [0.15, 0.2) is 12.1 Å². The fourth-order valence-electron chi connectivity index (χ4n) is 1.80. The van der Waals surface area contributed by atoms with E-state index in [1.807, 2.05) is 0 Å². The van der Waals surface area contributed by atoms with E-state index in [0.29, 0.717) is 0 Å². The number of halogens is 3. The van der Waals surface area contributed by atoms with Gasteiger partial charge in [0.05, 0.1) is 12.7 Å². The van der Waals surface area contributed by atoms with Crippen molar-refractivity contribution in [3.63, 3.8) is 0 Å². The molecule has 0 aromatic heterocycles. The highest BCUT2D eigenvalue weighted by Crippen LogP contribution is 2.43. The first-order chi connectivity index (χ1) is 9.18. The second kappa shape index (κ2) is 6.00. The first kappa shape index (κ1) is 16.1. The minimum absolute atomic E-state index is 0.154. The summed E-state index contributed by atoms with van der Waals surface area (Å²) in [5, 5.41) is 18.4. The van der Waals surface area contributed by atoms with Crippen LogP contribution in [0.4, 0.5) is 13.2 Å². The number of benzene rings is 1. The predicted molar refractivity (Wildman–Crippen MR) is 63.5 cm³/mol. The highest BCUT2D eigenvalue weighted by Gasteiger charge is 2.37. The Hall–Kier alpha value is -1.96. The molecule has 0 aliphatic heterocycles. The lowest BCUT2D eigenvalue weighted by molar-refractivity contribution is -0.138. The van der Waals surface area contributed by atoms with E-state index in [1.165, 1.54) is 7.11 Å². The monoisotopic (exact) mass is 293 g/mol. The standard InChI is InChI=1S/C12H14F3NO4/c1-20-8-4-2-6(12(13,14)15)10(11(8)19)7(16)3-5-9(17)18/h2,4,7,19H,3,5,16H2,1H3,(H,17,18). The highest BCUT2D eigenvalue weighted by atomic mass is 19.4. The number of carboxylic acid groups (broad SMARTS) is 1. The summed E-state index contributed by atoms with van der Waals surface area (Å²) in [6.07, 6.45) is -5.35. The van der Waals surface area contributed by atoms with Gasteiger partial charge in [0.15, 0.2) is 11.5 Å². The summed E-state index contributed by atoms with van der Waals surface area (Å²) in [4.78, 5) is 10.5. The lowest BCUT2D eigenvalue weighted by Gasteiger charge is -2.20. The third kappa shape index (κ3) is 3.53. The second-order valence-corrected chi connectivity index (χ2v) is 4.11. The molecular weight excluding hydrogens is 279 g/mol. The van der Waals surface area contributed by atoms with Gasteiger partial charge in [-0.3, -0.25) is 4.79 Å². The lowest BCUT2D eigenvalue weighted by atomic mass is 9.95. The summed E-state index contributed by atoms with van der Waals surface area (Å²) in [6, 6.07) is 0.456. The van der Waals surface area contributed by atoms with Crippen molar-refractivity contribution in [3.05, 3.63) is 23.3 Å². The smallest absolute Gasteiger partial charge is 0.416 e. The van der Waals surface area contributed by atoms with Crippen LogP contribution >= 0.6 is 0 Å². The maximum atomic E-state index is 12.9. The number of hydrogen-bond donors (Lipinski definition) is 3. The van der Waals surface area contributed by atoms with Crippen LogP contribution in [0.1, 0.15) is 30.0 Å². The van der Waals surface area contributed by atoms with Gasteiger partial charge in [0.2, 0.25) is 0 Å². The molecule has 0 aliphatic carbocycles. The molecule has 112 valence electrons. The molecule has 0 fully saturated rings. The van der Waals surface area contributed by atoms with E-state index in [0.717, 1.165) is 12.1 Å². The van der Waals surface area contributed by atoms with Crippen LogP contribution in [-0.4, -0.2) is 23.3 Å². The Morgan fingerprint density at radius 1 is 1.45 bits per heavy atom. The zero-order valence-electron chi connectivity index (χ0n) is 10.6. The van der Waals surface area contributed by atoms with Crippen LogP contribution in [-0.2, 0) is 11.0 Å². The van der Waals surface area contributed by atoms with Gasteiger partial charge in [0.25, 0.3) is 0 Å². The summed E-state index contributed by atoms with van der Waals surface area (Å²) in [6.45, 7) is 0. The molecule has 20 heavy (non-hydrogen) atoms. The zero-order valence-corrected chi connectivity index (χ0v) is 10.6. The average Bonchev–Trinajstić information content (AvgIpc) is 2.34. The summed E-state index contributed by atoms with van der Waals surface area (Å²) >= 11 is 0. The van der Waals surface area contributed by atoms with E-state index < -0.39 is 41.5 Å². The maximum Gasteiger partial charge on any atom is 0.416 e. The van der Waals surface area contributed by atoms with Crippen molar-refractivity contribution in [3.8, 4) is 11.5 Å². The van der Waals surface area contributed by atoms with Gasteiger partial charge in [-0.1, -0.05) is 0 Å². The average molecular weight is 293 g/mol. The SMILES string of the molecule is COc1ccc(C(F)(F)F)c(C(N)CCC(=O)O)c1O. The van der Waals surface area contributed by atoms with Crippen molar-refractivity contribution in [2.24, 2.45) is 5.73 Å². The number of rotatable bonds is 5. The van der Waals surface area contributed by atoms with Crippen molar-refractivity contribution in [1.82, 2.24) is 0 Å². The second-order valence-electron chi connectivity index (χ2n) is 4.11. The van der Waals surface area contributed by atoms with E-state index in [1.54, 1.807) is 0 Å². The topological polar surface area (TPSA) is 92.8 Å². The number of hydrogen-bond acceptors (Lipinski definition) is 4. The van der Waals surface area contributed by atoms with E-state index in [2.05, 4.69) is 0 Å². The van der Waals surface area contributed by atoms with Crippen LogP contribution in [0.25, 0.3) is 0 Å². The third-order valence-electron chi connectivity index (χ3n) is 2.75. The van der Waals surface area contributed by atoms with Gasteiger partial charge in [-0.05, 0) is 18.6 Å². The molecule has 0 bridgehead atoms. The third-order valence-corrected chi connectivity index (χ3v) is 2.75. The zero-order chi connectivity index (χ0) is 15.5. The number of carbonyl (C=O) groups is 1. The summed E-state index contributed by atoms with van der Waals surface area (Å²) in [5.41, 5.74) is 3.93. The fraction of sp³-hybridized carbons (Fsp3) is 0.417. The Morgan fingerprint density at radius 2 is 2.05 bits per heavy atom. The number of aromatic hydroxyl groups is 1. The molecular formula is C12H14F3NO4. The van der Waals surface area contributed by atoms with Gasteiger partial charge in [0, 0.05) is 18.0 Å². The molecule has 0 spiro atoms. The van der Waals surface area contributed by atoms with E-state index in [-0.39, 0.29) is 12.2 Å². The number of carboxylic acids is 1. The number of alkyl halides is 3. The van der Waals surface area contributed by atoms with Crippen LogP contribution in [0.2, 0.25) is 0 Å². The summed E-state index contributed by atoms with van der Waals surface area (Å²) < 4.78 is 43.4. The summed E-state index contributed by atoms with van der Waals surface area (Å²) in [7, 11) is 1.19. The Balaban J connectivity index is 3.28. The Kier molecular flexibility index (Phi) is 4.83. The van der Waals surface area contributed by atoms with Gasteiger partial charge >= 0.3 is 12.1 Å². The van der Waals surface area contributed by atoms with Crippen molar-refractivity contribution < 1.29 is 32.9 Å². The van der Waals surface area contributed by atoms with Crippen molar-refractivity contribution in [2.75, 3.05) is 7.11 Å². The molecule has 8 heteroatoms. The highest BCUT2D eigenvalue weighted by molar-refractivity contribution is 5.66. The van der Waals surface area contributed by atoms with E-state index in [4.69, 9.17) is 15.6 Å². The molecule has 4 N–H and O–H groups in total. The van der Waals surface area contributed by atoms with E-state index in [9.17, 15) is 23.1 Å². The Bertz CT molecular complexity index is 502. The van der Waals surface area contributed by atoms with Crippen LogP contribution in [0.3, 0.4) is 0 Å².